The molecule has 0 aromatic heterocycles. The zero-order valence-electron chi connectivity index (χ0n) is 19.9. The summed E-state index contributed by atoms with van der Waals surface area (Å²) in [5, 5.41) is 13.0. The number of allylic oxidation sites excluding steroid dienone is 3. The number of aliphatic hydroxyl groups is 1. The molecule has 0 aromatic rings. The summed E-state index contributed by atoms with van der Waals surface area (Å²) in [6, 6.07) is 0. The molecule has 35 heavy (non-hydrogen) atoms. The SMILES string of the molecule is C#CCCC#CC=CC#CCC(Cl)C(Br)C(O)C(Br)=CCCCC(=O)NCCCCCN=C(N)N. The summed E-state index contributed by atoms with van der Waals surface area (Å²) in [6.07, 6.45) is 15.7. The molecule has 0 fully saturated rings. The van der Waals surface area contributed by atoms with Crippen LogP contribution in [0.1, 0.15) is 57.8 Å². The van der Waals surface area contributed by atoms with E-state index < -0.39 is 6.10 Å². The van der Waals surface area contributed by atoms with E-state index in [-0.39, 0.29) is 22.1 Å². The minimum atomic E-state index is -0.815. The lowest BCUT2D eigenvalue weighted by atomic mass is 10.1. The first-order valence-electron chi connectivity index (χ1n) is 11.5. The first kappa shape index (κ1) is 33.1. The van der Waals surface area contributed by atoms with Crippen LogP contribution in [0.5, 0.6) is 0 Å². The van der Waals surface area contributed by atoms with Gasteiger partial charge >= 0.3 is 0 Å². The smallest absolute Gasteiger partial charge is 0.220 e. The highest BCUT2D eigenvalue weighted by molar-refractivity contribution is 9.12. The molecule has 0 spiro atoms. The number of unbranched alkanes of at least 4 members (excludes halogenated alkanes) is 4. The zero-order chi connectivity index (χ0) is 26.3. The molecule has 0 aliphatic carbocycles. The molecule has 0 heterocycles. The van der Waals surface area contributed by atoms with Crippen molar-refractivity contribution in [3.8, 4) is 36.0 Å². The fraction of sp³-hybridized carbons (Fsp3) is 0.538. The van der Waals surface area contributed by atoms with Crippen LogP contribution in [0.4, 0.5) is 0 Å². The number of nitrogens with two attached hydrogens (primary N) is 2. The van der Waals surface area contributed by atoms with Crippen molar-refractivity contribution in [3.05, 3.63) is 22.7 Å². The lowest BCUT2D eigenvalue weighted by molar-refractivity contribution is -0.121. The average molecular weight is 631 g/mol. The standard InChI is InChI=1S/C26H35Br2ClN4O2/c1-2-3-4-5-6-7-8-9-11-17-22(29)24(28)25(35)21(27)16-12-13-18-23(34)32-19-14-10-15-20-33-26(30)31/h1,7-8,16,22,24-25,35H,3-4,10,12-15,17-20H2,(H,32,34)(H4,30,31,33). The van der Waals surface area contributed by atoms with Crippen LogP contribution in [0.25, 0.3) is 0 Å². The van der Waals surface area contributed by atoms with Gasteiger partial charge in [-0.2, -0.15) is 0 Å². The highest BCUT2D eigenvalue weighted by Gasteiger charge is 2.25. The van der Waals surface area contributed by atoms with Gasteiger partial charge in [0.15, 0.2) is 5.96 Å². The van der Waals surface area contributed by atoms with Crippen molar-refractivity contribution in [2.24, 2.45) is 16.5 Å². The van der Waals surface area contributed by atoms with Crippen molar-refractivity contribution in [1.29, 1.82) is 0 Å². The number of guanidine groups is 1. The van der Waals surface area contributed by atoms with Crippen LogP contribution >= 0.6 is 43.5 Å². The van der Waals surface area contributed by atoms with Crippen LogP contribution in [-0.2, 0) is 4.79 Å². The van der Waals surface area contributed by atoms with Gasteiger partial charge in [0.05, 0.1) is 16.3 Å². The zero-order valence-corrected chi connectivity index (χ0v) is 23.8. The monoisotopic (exact) mass is 628 g/mol. The van der Waals surface area contributed by atoms with Gasteiger partial charge < -0.3 is 21.9 Å². The predicted octanol–water partition coefficient (Wildman–Crippen LogP) is 4.09. The van der Waals surface area contributed by atoms with Crippen LogP contribution in [-0.4, -0.2) is 46.4 Å². The van der Waals surface area contributed by atoms with E-state index >= 15 is 0 Å². The number of aliphatic hydroxyl groups excluding tert-OH is 1. The summed E-state index contributed by atoms with van der Waals surface area (Å²) < 4.78 is 0.626. The lowest BCUT2D eigenvalue weighted by Gasteiger charge is -2.20. The molecule has 0 aliphatic rings. The third-order valence-corrected chi connectivity index (χ3v) is 7.14. The Morgan fingerprint density at radius 1 is 1.14 bits per heavy atom. The second kappa shape index (κ2) is 22.6. The van der Waals surface area contributed by atoms with Crippen LogP contribution in [0, 0.1) is 36.0 Å². The van der Waals surface area contributed by atoms with Crippen LogP contribution < -0.4 is 16.8 Å². The lowest BCUT2D eigenvalue weighted by Crippen LogP contribution is -2.29. The third kappa shape index (κ3) is 20.0. The molecule has 0 bridgehead atoms. The number of terminal acetylenes is 1. The summed E-state index contributed by atoms with van der Waals surface area (Å²) in [5.41, 5.74) is 10.5. The van der Waals surface area contributed by atoms with Crippen molar-refractivity contribution < 1.29 is 9.90 Å². The van der Waals surface area contributed by atoms with Gasteiger partial charge in [-0.15, -0.1) is 23.9 Å². The van der Waals surface area contributed by atoms with E-state index in [2.05, 4.69) is 71.8 Å². The molecule has 3 atom stereocenters. The summed E-state index contributed by atoms with van der Waals surface area (Å²) in [7, 11) is 0. The van der Waals surface area contributed by atoms with Crippen LogP contribution in [0.2, 0.25) is 0 Å². The number of alkyl halides is 2. The number of amides is 1. The van der Waals surface area contributed by atoms with Crippen molar-refractivity contribution in [2.75, 3.05) is 13.1 Å². The molecule has 0 radical (unpaired) electrons. The quantitative estimate of drug-likeness (QED) is 0.0718. The highest BCUT2D eigenvalue weighted by atomic mass is 79.9. The number of carbonyl (C=O) groups is 1. The third-order valence-electron chi connectivity index (χ3n) is 4.47. The van der Waals surface area contributed by atoms with Gasteiger partial charge in [0.1, 0.15) is 0 Å². The molecule has 0 aliphatic heterocycles. The van der Waals surface area contributed by atoms with Crippen molar-refractivity contribution in [3.63, 3.8) is 0 Å². The number of aliphatic imine (C=N–C) groups is 1. The first-order valence-corrected chi connectivity index (χ1v) is 13.6. The molecule has 0 rings (SSSR count). The summed E-state index contributed by atoms with van der Waals surface area (Å²) in [4.78, 5) is 15.5. The number of nitrogens with one attached hydrogen (secondary N) is 1. The number of hydrogen-bond acceptors (Lipinski definition) is 3. The Balaban J connectivity index is 4.15. The molecule has 1 amide bonds. The molecular weight excluding hydrogens is 596 g/mol. The Kier molecular flexibility index (Phi) is 21.3. The second-order valence-electron chi connectivity index (χ2n) is 7.49. The molecule has 192 valence electrons. The summed E-state index contributed by atoms with van der Waals surface area (Å²) >= 11 is 13.2. The molecule has 0 aromatic carbocycles. The van der Waals surface area contributed by atoms with Gasteiger partial charge in [-0.05, 0) is 44.3 Å². The van der Waals surface area contributed by atoms with Gasteiger partial charge in [0.25, 0.3) is 0 Å². The maximum atomic E-state index is 11.9. The van der Waals surface area contributed by atoms with E-state index in [1.807, 2.05) is 6.08 Å². The highest BCUT2D eigenvalue weighted by Crippen LogP contribution is 2.26. The molecule has 6 N–H and O–H groups in total. The number of hydrogen-bond donors (Lipinski definition) is 4. The van der Waals surface area contributed by atoms with Crippen LogP contribution in [0.3, 0.4) is 0 Å². The Labute approximate surface area is 232 Å². The molecule has 9 heteroatoms. The molecular formula is C26H35Br2ClN4O2. The number of halogens is 3. The van der Waals surface area contributed by atoms with Gasteiger partial charge in [-0.25, -0.2) is 0 Å². The maximum Gasteiger partial charge on any atom is 0.220 e. The number of carbonyl (C=O) groups excluding carboxylic acids is 1. The Bertz CT molecular complexity index is 872. The van der Waals surface area contributed by atoms with Gasteiger partial charge in [0.2, 0.25) is 5.91 Å². The molecule has 0 saturated carbocycles. The predicted molar refractivity (Wildman–Crippen MR) is 154 cm³/mol. The van der Waals surface area contributed by atoms with Gasteiger partial charge in [-0.1, -0.05) is 61.6 Å². The topological polar surface area (TPSA) is 114 Å². The second-order valence-corrected chi connectivity index (χ2v) is 10.0. The van der Waals surface area contributed by atoms with E-state index in [0.29, 0.717) is 56.1 Å². The van der Waals surface area contributed by atoms with Gasteiger partial charge in [-0.3, -0.25) is 9.79 Å². The van der Waals surface area contributed by atoms with Gasteiger partial charge in [0, 0.05) is 43.3 Å². The maximum absolute atomic E-state index is 11.9. The van der Waals surface area contributed by atoms with Crippen LogP contribution in [0.15, 0.2) is 27.7 Å². The first-order chi connectivity index (χ1) is 16.8. The average Bonchev–Trinajstić information content (AvgIpc) is 2.83. The number of rotatable bonds is 15. The molecule has 3 unspecified atom stereocenters. The summed E-state index contributed by atoms with van der Waals surface area (Å²) in [5.74, 6) is 14.3. The van der Waals surface area contributed by atoms with E-state index in [9.17, 15) is 9.90 Å². The van der Waals surface area contributed by atoms with E-state index in [1.165, 1.54) is 0 Å². The van der Waals surface area contributed by atoms with E-state index in [4.69, 9.17) is 29.5 Å². The normalized spacial score (nSPS) is 13.4. The number of nitrogens with zero attached hydrogens (tertiary/aromatic N) is 1. The fourth-order valence-electron chi connectivity index (χ4n) is 2.59. The summed E-state index contributed by atoms with van der Waals surface area (Å²) in [6.45, 7) is 1.25. The Hall–Kier alpha value is -1.89. The molecule has 6 nitrogen and oxygen atoms in total. The Morgan fingerprint density at radius 3 is 2.54 bits per heavy atom. The minimum absolute atomic E-state index is 0.0182. The fourth-order valence-corrected chi connectivity index (χ4v) is 4.14. The Morgan fingerprint density at radius 2 is 1.86 bits per heavy atom. The largest absolute Gasteiger partial charge is 0.387 e. The van der Waals surface area contributed by atoms with E-state index in [1.54, 1.807) is 12.2 Å². The molecule has 0 saturated heterocycles. The van der Waals surface area contributed by atoms with Crippen molar-refractivity contribution in [1.82, 2.24) is 5.32 Å². The minimum Gasteiger partial charge on any atom is -0.387 e. The van der Waals surface area contributed by atoms with Crippen molar-refractivity contribution in [2.45, 2.75) is 74.1 Å². The van der Waals surface area contributed by atoms with E-state index in [0.717, 1.165) is 19.3 Å². The van der Waals surface area contributed by atoms with Crippen molar-refractivity contribution >= 4 is 55.3 Å².